The molecule has 0 radical (unpaired) electrons. The minimum absolute atomic E-state index is 0.320. The molecule has 0 saturated carbocycles. The highest BCUT2D eigenvalue weighted by molar-refractivity contribution is 5.96. The lowest BCUT2D eigenvalue weighted by Gasteiger charge is -2.41. The number of nitrogens with two attached hydrogens (primary N) is 1. The fourth-order valence-corrected chi connectivity index (χ4v) is 1.84. The number of primary amides is 1. The van der Waals surface area contributed by atoms with Crippen molar-refractivity contribution in [2.24, 2.45) is 5.73 Å². The van der Waals surface area contributed by atoms with Gasteiger partial charge in [0.05, 0.1) is 6.04 Å². The topological polar surface area (TPSA) is 87.5 Å². The van der Waals surface area contributed by atoms with Gasteiger partial charge < -0.3 is 11.1 Å². The molecule has 1 fully saturated rings. The van der Waals surface area contributed by atoms with Gasteiger partial charge in [0.1, 0.15) is 0 Å². The Balaban J connectivity index is 2.54. The molecule has 0 aromatic rings. The maximum Gasteiger partial charge on any atom is 0.318 e. The summed E-state index contributed by atoms with van der Waals surface area (Å²) >= 11 is 0. The molecule has 6 nitrogen and oxygen atoms in total. The second-order valence-electron chi connectivity index (χ2n) is 4.08. The summed E-state index contributed by atoms with van der Waals surface area (Å²) in [5.74, 6) is -0.326. The largest absolute Gasteiger partial charge is 0.351 e. The third-order valence-corrected chi connectivity index (χ3v) is 2.83. The number of hydrogen-bond donors (Lipinski definition) is 3. The van der Waals surface area contributed by atoms with E-state index in [1.54, 1.807) is 6.92 Å². The number of urea groups is 1. The van der Waals surface area contributed by atoms with Crippen LogP contribution >= 0.6 is 0 Å². The van der Waals surface area contributed by atoms with Crippen molar-refractivity contribution in [3.63, 3.8) is 0 Å². The number of nitrogens with one attached hydrogen (secondary N) is 2. The monoisotopic (exact) mass is 228 g/mol. The Morgan fingerprint density at radius 2 is 2.19 bits per heavy atom. The zero-order valence-corrected chi connectivity index (χ0v) is 9.82. The highest BCUT2D eigenvalue weighted by Gasteiger charge is 2.31. The van der Waals surface area contributed by atoms with Gasteiger partial charge in [-0.15, -0.1) is 0 Å². The summed E-state index contributed by atoms with van der Waals surface area (Å²) in [5.41, 5.74) is 4.93. The van der Waals surface area contributed by atoms with E-state index in [9.17, 15) is 9.59 Å². The molecule has 92 valence electrons. The van der Waals surface area contributed by atoms with E-state index in [1.165, 1.54) is 0 Å². The highest BCUT2D eigenvalue weighted by Crippen LogP contribution is 2.10. The van der Waals surface area contributed by atoms with Crippen molar-refractivity contribution in [3.05, 3.63) is 0 Å². The van der Waals surface area contributed by atoms with Gasteiger partial charge in [-0.05, 0) is 19.9 Å². The van der Waals surface area contributed by atoms with E-state index >= 15 is 0 Å². The fourth-order valence-electron chi connectivity index (χ4n) is 1.84. The number of rotatable bonds is 5. The smallest absolute Gasteiger partial charge is 0.318 e. The summed E-state index contributed by atoms with van der Waals surface area (Å²) in [7, 11) is 0. The average molecular weight is 228 g/mol. The zero-order valence-electron chi connectivity index (χ0n) is 9.82. The van der Waals surface area contributed by atoms with Crippen LogP contribution in [-0.2, 0) is 4.79 Å². The zero-order chi connectivity index (χ0) is 12.1. The van der Waals surface area contributed by atoms with Gasteiger partial charge in [0.2, 0.25) is 5.91 Å². The van der Waals surface area contributed by atoms with E-state index in [1.807, 2.05) is 0 Å². The second-order valence-corrected chi connectivity index (χ2v) is 4.08. The Labute approximate surface area is 95.5 Å². The van der Waals surface area contributed by atoms with Gasteiger partial charge in [0.15, 0.2) is 0 Å². The van der Waals surface area contributed by atoms with Crippen molar-refractivity contribution < 1.29 is 9.59 Å². The number of carbonyl (C=O) groups excluding carboxylic acids is 2. The summed E-state index contributed by atoms with van der Waals surface area (Å²) in [6.45, 7) is 6.51. The second kappa shape index (κ2) is 5.81. The van der Waals surface area contributed by atoms with Crippen molar-refractivity contribution >= 4 is 11.9 Å². The van der Waals surface area contributed by atoms with E-state index in [4.69, 9.17) is 5.73 Å². The minimum atomic E-state index is -0.792. The molecule has 1 aliphatic heterocycles. The summed E-state index contributed by atoms with van der Waals surface area (Å²) in [6, 6.07) is -0.729. The number of carbonyl (C=O) groups is 2. The molecule has 1 rings (SSSR count). The SMILES string of the molecule is CCCN(C1CNC1)C(C)C(=O)NC(N)=O. The molecular formula is C10H20N4O2. The van der Waals surface area contributed by atoms with Gasteiger partial charge in [0.25, 0.3) is 0 Å². The first-order valence-electron chi connectivity index (χ1n) is 5.63. The number of imide groups is 1. The Bertz CT molecular complexity index is 266. The van der Waals surface area contributed by atoms with Gasteiger partial charge in [-0.3, -0.25) is 15.0 Å². The van der Waals surface area contributed by atoms with Crippen LogP contribution in [0.2, 0.25) is 0 Å². The van der Waals surface area contributed by atoms with Gasteiger partial charge in [-0.2, -0.15) is 0 Å². The lowest BCUT2D eigenvalue weighted by molar-refractivity contribution is -0.126. The van der Waals surface area contributed by atoms with Crippen LogP contribution in [0.1, 0.15) is 20.3 Å². The maximum absolute atomic E-state index is 11.6. The number of hydrogen-bond acceptors (Lipinski definition) is 4. The third kappa shape index (κ3) is 3.18. The van der Waals surface area contributed by atoms with E-state index in [0.717, 1.165) is 26.1 Å². The first-order chi connectivity index (χ1) is 7.56. The molecule has 0 spiro atoms. The van der Waals surface area contributed by atoms with Gasteiger partial charge >= 0.3 is 6.03 Å². The van der Waals surface area contributed by atoms with E-state index in [0.29, 0.717) is 6.04 Å². The van der Waals surface area contributed by atoms with Gasteiger partial charge in [-0.25, -0.2) is 4.79 Å². The van der Waals surface area contributed by atoms with E-state index in [-0.39, 0.29) is 11.9 Å². The standard InChI is InChI=1S/C10H20N4O2/c1-3-4-14(8-5-12-6-8)7(2)9(15)13-10(11)16/h7-8,12H,3-6H2,1-2H3,(H3,11,13,15,16). The third-order valence-electron chi connectivity index (χ3n) is 2.83. The van der Waals surface area contributed by atoms with Crippen molar-refractivity contribution in [2.75, 3.05) is 19.6 Å². The summed E-state index contributed by atoms with van der Waals surface area (Å²) in [5, 5.41) is 5.29. The van der Waals surface area contributed by atoms with Crippen LogP contribution in [0.4, 0.5) is 4.79 Å². The Hall–Kier alpha value is -1.14. The van der Waals surface area contributed by atoms with Crippen molar-refractivity contribution in [2.45, 2.75) is 32.4 Å². The quantitative estimate of drug-likeness (QED) is 0.578. The average Bonchev–Trinajstić information content (AvgIpc) is 2.12. The number of nitrogens with zero attached hydrogens (tertiary/aromatic N) is 1. The van der Waals surface area contributed by atoms with Gasteiger partial charge in [0, 0.05) is 19.1 Å². The molecule has 0 aromatic carbocycles. The molecule has 0 aromatic heterocycles. The first-order valence-corrected chi connectivity index (χ1v) is 5.63. The molecule has 4 N–H and O–H groups in total. The van der Waals surface area contributed by atoms with Crippen LogP contribution in [-0.4, -0.2) is 48.6 Å². The molecule has 1 saturated heterocycles. The van der Waals surface area contributed by atoms with Gasteiger partial charge in [-0.1, -0.05) is 6.92 Å². The molecular weight excluding hydrogens is 208 g/mol. The molecule has 1 unspecified atom stereocenters. The molecule has 1 aliphatic rings. The first kappa shape index (κ1) is 12.9. The van der Waals surface area contributed by atoms with Crippen LogP contribution < -0.4 is 16.4 Å². The molecule has 16 heavy (non-hydrogen) atoms. The lowest BCUT2D eigenvalue weighted by Crippen LogP contribution is -2.62. The number of amides is 3. The molecule has 0 aliphatic carbocycles. The van der Waals surface area contributed by atoms with E-state index in [2.05, 4.69) is 22.5 Å². The summed E-state index contributed by atoms with van der Waals surface area (Å²) in [4.78, 5) is 24.4. The highest BCUT2D eigenvalue weighted by atomic mass is 16.2. The molecule has 0 bridgehead atoms. The molecule has 1 heterocycles. The predicted molar refractivity (Wildman–Crippen MR) is 60.8 cm³/mol. The van der Waals surface area contributed by atoms with Crippen LogP contribution in [0.25, 0.3) is 0 Å². The molecule has 6 heteroatoms. The molecule has 3 amide bonds. The summed E-state index contributed by atoms with van der Waals surface area (Å²) in [6.07, 6.45) is 0.977. The van der Waals surface area contributed by atoms with Crippen LogP contribution in [0.3, 0.4) is 0 Å². The summed E-state index contributed by atoms with van der Waals surface area (Å²) < 4.78 is 0. The normalized spacial score (nSPS) is 17.9. The van der Waals surface area contributed by atoms with Crippen LogP contribution in [0, 0.1) is 0 Å². The van der Waals surface area contributed by atoms with Crippen molar-refractivity contribution in [1.29, 1.82) is 0 Å². The van der Waals surface area contributed by atoms with Crippen molar-refractivity contribution in [3.8, 4) is 0 Å². The van der Waals surface area contributed by atoms with Crippen LogP contribution in [0.5, 0.6) is 0 Å². The van der Waals surface area contributed by atoms with E-state index < -0.39 is 6.03 Å². The predicted octanol–water partition coefficient (Wildman–Crippen LogP) is -0.746. The minimum Gasteiger partial charge on any atom is -0.351 e. The maximum atomic E-state index is 11.6. The fraction of sp³-hybridized carbons (Fsp3) is 0.800. The Morgan fingerprint density at radius 1 is 1.56 bits per heavy atom. The molecule has 1 atom stereocenters. The van der Waals surface area contributed by atoms with Crippen LogP contribution in [0.15, 0.2) is 0 Å². The lowest BCUT2D eigenvalue weighted by atomic mass is 10.1. The Morgan fingerprint density at radius 3 is 2.56 bits per heavy atom. The van der Waals surface area contributed by atoms with Crippen molar-refractivity contribution in [1.82, 2.24) is 15.5 Å². The Kier molecular flexibility index (Phi) is 4.70.